The molecule has 0 aliphatic carbocycles. The SMILES string of the molecule is COC(=O)C(O)c1c(C)c(Br)c(C)c(C)c1O. The average molecular weight is 303 g/mol. The number of carbonyl (C=O) groups is 1. The molecule has 0 aliphatic heterocycles. The normalized spacial score (nSPS) is 12.4. The van der Waals surface area contributed by atoms with E-state index in [0.717, 1.165) is 10.0 Å². The smallest absolute Gasteiger partial charge is 0.339 e. The lowest BCUT2D eigenvalue weighted by Gasteiger charge is -2.18. The van der Waals surface area contributed by atoms with E-state index in [9.17, 15) is 15.0 Å². The lowest BCUT2D eigenvalue weighted by molar-refractivity contribution is -0.150. The number of aromatic hydroxyl groups is 1. The fourth-order valence-electron chi connectivity index (χ4n) is 1.69. The van der Waals surface area contributed by atoms with Crippen molar-refractivity contribution in [2.45, 2.75) is 26.9 Å². The maximum Gasteiger partial charge on any atom is 0.339 e. The molecule has 17 heavy (non-hydrogen) atoms. The summed E-state index contributed by atoms with van der Waals surface area (Å²) in [7, 11) is 1.19. The average Bonchev–Trinajstić information content (AvgIpc) is 2.32. The van der Waals surface area contributed by atoms with Crippen molar-refractivity contribution < 1.29 is 19.7 Å². The van der Waals surface area contributed by atoms with Gasteiger partial charge >= 0.3 is 5.97 Å². The molecule has 0 radical (unpaired) electrons. The maximum atomic E-state index is 11.3. The third kappa shape index (κ3) is 2.30. The molecule has 94 valence electrons. The molecule has 1 atom stereocenters. The van der Waals surface area contributed by atoms with Gasteiger partial charge in [0.05, 0.1) is 7.11 Å². The Hall–Kier alpha value is -1.07. The Labute approximate surface area is 108 Å². The van der Waals surface area contributed by atoms with Crippen LogP contribution in [0.4, 0.5) is 0 Å². The zero-order valence-electron chi connectivity index (χ0n) is 10.2. The van der Waals surface area contributed by atoms with Crippen LogP contribution in [0, 0.1) is 20.8 Å². The molecule has 4 nitrogen and oxygen atoms in total. The van der Waals surface area contributed by atoms with Crippen molar-refractivity contribution in [2.24, 2.45) is 0 Å². The van der Waals surface area contributed by atoms with Crippen LogP contribution in [0.1, 0.15) is 28.4 Å². The molecule has 1 rings (SSSR count). The molecule has 0 spiro atoms. The first-order chi connectivity index (χ1) is 7.82. The lowest BCUT2D eigenvalue weighted by Crippen LogP contribution is -2.15. The third-order valence-electron chi connectivity index (χ3n) is 2.93. The molecule has 0 bridgehead atoms. The molecule has 0 amide bonds. The van der Waals surface area contributed by atoms with E-state index in [1.54, 1.807) is 13.8 Å². The Morgan fingerprint density at radius 2 is 1.76 bits per heavy atom. The van der Waals surface area contributed by atoms with Crippen molar-refractivity contribution in [2.75, 3.05) is 7.11 Å². The van der Waals surface area contributed by atoms with Gasteiger partial charge in [-0.3, -0.25) is 0 Å². The first-order valence-corrected chi connectivity index (χ1v) is 5.86. The fraction of sp³-hybridized carbons (Fsp3) is 0.417. The molecule has 0 aromatic heterocycles. The minimum atomic E-state index is -1.48. The van der Waals surface area contributed by atoms with Gasteiger partial charge in [-0.25, -0.2) is 4.79 Å². The van der Waals surface area contributed by atoms with Gasteiger partial charge in [0.2, 0.25) is 0 Å². The fourth-order valence-corrected chi connectivity index (χ4v) is 2.20. The van der Waals surface area contributed by atoms with E-state index >= 15 is 0 Å². The lowest BCUT2D eigenvalue weighted by atomic mass is 9.95. The summed E-state index contributed by atoms with van der Waals surface area (Å²) in [5, 5.41) is 19.8. The standard InChI is InChI=1S/C12H15BrO4/c1-5-6(2)10(14)8(7(3)9(5)13)11(15)12(16)17-4/h11,14-15H,1-4H3. The number of hydrogen-bond donors (Lipinski definition) is 2. The second-order valence-electron chi connectivity index (χ2n) is 3.88. The van der Waals surface area contributed by atoms with Crippen molar-refractivity contribution in [1.82, 2.24) is 0 Å². The first kappa shape index (κ1) is 14.0. The Morgan fingerprint density at radius 3 is 2.24 bits per heavy atom. The van der Waals surface area contributed by atoms with Crippen LogP contribution in [0.3, 0.4) is 0 Å². The Balaban J connectivity index is 3.49. The van der Waals surface area contributed by atoms with Gasteiger partial charge in [0.25, 0.3) is 0 Å². The van der Waals surface area contributed by atoms with Gasteiger partial charge in [-0.05, 0) is 37.5 Å². The predicted molar refractivity (Wildman–Crippen MR) is 67.0 cm³/mol. The summed E-state index contributed by atoms with van der Waals surface area (Å²) in [5.41, 5.74) is 2.32. The number of esters is 1. The molecule has 1 aromatic carbocycles. The second kappa shape index (κ2) is 5.06. The molecule has 1 aromatic rings. The van der Waals surface area contributed by atoms with Gasteiger partial charge in [-0.1, -0.05) is 15.9 Å². The monoisotopic (exact) mass is 302 g/mol. The molecule has 0 saturated heterocycles. The minimum absolute atomic E-state index is 0.0684. The molecule has 0 aliphatic rings. The number of phenolic OH excluding ortho intramolecular Hbond substituents is 1. The topological polar surface area (TPSA) is 66.8 Å². The summed E-state index contributed by atoms with van der Waals surface area (Å²) in [6.45, 7) is 5.29. The summed E-state index contributed by atoms with van der Waals surface area (Å²) in [6, 6.07) is 0. The maximum absolute atomic E-state index is 11.3. The van der Waals surface area contributed by atoms with Crippen LogP contribution in [-0.2, 0) is 9.53 Å². The number of ether oxygens (including phenoxy) is 1. The van der Waals surface area contributed by atoms with Crippen LogP contribution in [0.5, 0.6) is 5.75 Å². The summed E-state index contributed by atoms with van der Waals surface area (Å²) in [5.74, 6) is -0.861. The van der Waals surface area contributed by atoms with E-state index in [4.69, 9.17) is 0 Å². The summed E-state index contributed by atoms with van der Waals surface area (Å²) >= 11 is 3.38. The number of carbonyl (C=O) groups excluding carboxylic acids is 1. The first-order valence-electron chi connectivity index (χ1n) is 5.06. The number of aliphatic hydroxyl groups excluding tert-OH is 1. The minimum Gasteiger partial charge on any atom is -0.507 e. The summed E-state index contributed by atoms with van der Waals surface area (Å²) in [6.07, 6.45) is -1.48. The van der Waals surface area contributed by atoms with Gasteiger partial charge < -0.3 is 14.9 Å². The predicted octanol–water partition coefficient (Wildman–Crippen LogP) is 2.29. The van der Waals surface area contributed by atoms with Crippen molar-refractivity contribution in [3.63, 3.8) is 0 Å². The highest BCUT2D eigenvalue weighted by Crippen LogP contribution is 2.38. The number of halogens is 1. The molecular weight excluding hydrogens is 288 g/mol. The number of phenols is 1. The van der Waals surface area contributed by atoms with Crippen molar-refractivity contribution >= 4 is 21.9 Å². The van der Waals surface area contributed by atoms with Crippen LogP contribution >= 0.6 is 15.9 Å². The van der Waals surface area contributed by atoms with Gasteiger partial charge in [0.15, 0.2) is 6.10 Å². The zero-order valence-corrected chi connectivity index (χ0v) is 11.8. The number of benzene rings is 1. The van der Waals surface area contributed by atoms with Crippen molar-refractivity contribution in [3.05, 3.63) is 26.7 Å². The molecule has 2 N–H and O–H groups in total. The number of methoxy groups -OCH3 is 1. The molecule has 0 heterocycles. The van der Waals surface area contributed by atoms with E-state index in [1.807, 2.05) is 6.92 Å². The molecule has 5 heteroatoms. The zero-order chi connectivity index (χ0) is 13.3. The quantitative estimate of drug-likeness (QED) is 0.823. The molecular formula is C12H15BrO4. The van der Waals surface area contributed by atoms with Crippen molar-refractivity contribution in [3.8, 4) is 5.75 Å². The highest BCUT2D eigenvalue weighted by molar-refractivity contribution is 9.10. The van der Waals surface area contributed by atoms with Crippen molar-refractivity contribution in [1.29, 1.82) is 0 Å². The van der Waals surface area contributed by atoms with E-state index in [2.05, 4.69) is 20.7 Å². The van der Waals surface area contributed by atoms with E-state index in [-0.39, 0.29) is 11.3 Å². The summed E-state index contributed by atoms with van der Waals surface area (Å²) in [4.78, 5) is 11.3. The number of hydrogen-bond acceptors (Lipinski definition) is 4. The van der Waals surface area contributed by atoms with Crippen LogP contribution < -0.4 is 0 Å². The second-order valence-corrected chi connectivity index (χ2v) is 4.67. The highest BCUT2D eigenvalue weighted by atomic mass is 79.9. The van der Waals surface area contributed by atoms with Crippen LogP contribution in [0.2, 0.25) is 0 Å². The summed E-state index contributed by atoms with van der Waals surface area (Å²) < 4.78 is 5.24. The molecule has 0 saturated carbocycles. The van der Waals surface area contributed by atoms with E-state index in [0.29, 0.717) is 11.1 Å². The third-order valence-corrected chi connectivity index (χ3v) is 4.12. The Morgan fingerprint density at radius 1 is 1.24 bits per heavy atom. The molecule has 1 unspecified atom stereocenters. The van der Waals surface area contributed by atoms with Gasteiger partial charge in [-0.15, -0.1) is 0 Å². The van der Waals surface area contributed by atoms with E-state index in [1.165, 1.54) is 7.11 Å². The molecule has 0 fully saturated rings. The van der Waals surface area contributed by atoms with Gasteiger partial charge in [-0.2, -0.15) is 0 Å². The van der Waals surface area contributed by atoms with Crippen LogP contribution in [-0.4, -0.2) is 23.3 Å². The number of rotatable bonds is 2. The largest absolute Gasteiger partial charge is 0.507 e. The van der Waals surface area contributed by atoms with Gasteiger partial charge in [0.1, 0.15) is 5.75 Å². The van der Waals surface area contributed by atoms with Crippen LogP contribution in [0.15, 0.2) is 4.47 Å². The van der Waals surface area contributed by atoms with Crippen LogP contribution in [0.25, 0.3) is 0 Å². The number of aliphatic hydroxyl groups is 1. The van der Waals surface area contributed by atoms with Gasteiger partial charge in [0, 0.05) is 10.0 Å². The highest BCUT2D eigenvalue weighted by Gasteiger charge is 2.26. The Bertz CT molecular complexity index is 439. The van der Waals surface area contributed by atoms with E-state index < -0.39 is 12.1 Å². The Kier molecular flexibility index (Phi) is 4.16.